The van der Waals surface area contributed by atoms with E-state index in [-0.39, 0.29) is 17.2 Å². The van der Waals surface area contributed by atoms with Gasteiger partial charge in [0, 0.05) is 6.54 Å². The number of benzene rings is 1. The van der Waals surface area contributed by atoms with E-state index in [4.69, 9.17) is 5.84 Å². The lowest BCUT2D eigenvalue weighted by Crippen LogP contribution is -2.33. The molecule has 0 saturated heterocycles. The fourth-order valence-electron chi connectivity index (χ4n) is 1.89. The largest absolute Gasteiger partial charge is 0.352 e. The molecule has 0 bridgehead atoms. The van der Waals surface area contributed by atoms with Crippen molar-refractivity contribution in [2.24, 2.45) is 11.8 Å². The number of halogens is 1. The summed E-state index contributed by atoms with van der Waals surface area (Å²) in [6.45, 7) is 0.652. The second-order valence-corrected chi connectivity index (χ2v) is 4.31. The van der Waals surface area contributed by atoms with Crippen LogP contribution in [0.2, 0.25) is 0 Å². The van der Waals surface area contributed by atoms with Gasteiger partial charge in [-0.25, -0.2) is 4.39 Å². The van der Waals surface area contributed by atoms with E-state index in [2.05, 4.69) is 10.7 Å². The number of amides is 1. The molecule has 0 aliphatic heterocycles. The van der Waals surface area contributed by atoms with Gasteiger partial charge in [0.05, 0.1) is 11.3 Å². The second kappa shape index (κ2) is 5.14. The zero-order valence-corrected chi connectivity index (χ0v) is 9.50. The number of hydrazine groups is 1. The van der Waals surface area contributed by atoms with Crippen LogP contribution in [0.15, 0.2) is 18.2 Å². The molecule has 92 valence electrons. The Morgan fingerprint density at radius 3 is 2.82 bits per heavy atom. The first-order chi connectivity index (χ1) is 8.22. The van der Waals surface area contributed by atoms with E-state index in [9.17, 15) is 9.18 Å². The maximum Gasteiger partial charge on any atom is 0.253 e. The van der Waals surface area contributed by atoms with E-state index in [1.54, 1.807) is 6.07 Å². The lowest BCUT2D eigenvalue weighted by Gasteiger charge is -2.25. The second-order valence-electron chi connectivity index (χ2n) is 4.31. The molecule has 1 aliphatic carbocycles. The molecule has 0 unspecified atom stereocenters. The minimum absolute atomic E-state index is 0.0404. The Morgan fingerprint density at radius 1 is 1.47 bits per heavy atom. The average Bonchev–Trinajstić information content (AvgIpc) is 2.26. The zero-order valence-electron chi connectivity index (χ0n) is 9.50. The molecule has 2 rings (SSSR count). The van der Waals surface area contributed by atoms with Crippen LogP contribution < -0.4 is 16.6 Å². The molecule has 0 aromatic heterocycles. The van der Waals surface area contributed by atoms with Crippen LogP contribution in [0.1, 0.15) is 29.6 Å². The van der Waals surface area contributed by atoms with E-state index >= 15 is 0 Å². The number of nitrogens with two attached hydrogens (primary N) is 1. The molecule has 0 spiro atoms. The third-order valence-corrected chi connectivity index (χ3v) is 3.18. The number of carbonyl (C=O) groups excluding carboxylic acids is 1. The summed E-state index contributed by atoms with van der Waals surface area (Å²) >= 11 is 0. The molecule has 0 radical (unpaired) electrons. The number of hydrogen-bond acceptors (Lipinski definition) is 3. The fraction of sp³-hybridized carbons (Fsp3) is 0.417. The highest BCUT2D eigenvalue weighted by atomic mass is 19.1. The van der Waals surface area contributed by atoms with Crippen molar-refractivity contribution in [2.45, 2.75) is 19.3 Å². The van der Waals surface area contributed by atoms with Crippen molar-refractivity contribution in [2.75, 3.05) is 12.0 Å². The van der Waals surface area contributed by atoms with Crippen LogP contribution in [-0.4, -0.2) is 12.5 Å². The highest BCUT2D eigenvalue weighted by Crippen LogP contribution is 2.25. The molecule has 1 aromatic carbocycles. The number of rotatable bonds is 4. The fourth-order valence-corrected chi connectivity index (χ4v) is 1.89. The van der Waals surface area contributed by atoms with E-state index in [1.807, 2.05) is 0 Å². The van der Waals surface area contributed by atoms with Crippen molar-refractivity contribution < 1.29 is 9.18 Å². The van der Waals surface area contributed by atoms with Crippen LogP contribution >= 0.6 is 0 Å². The molecular formula is C12H16FN3O. The van der Waals surface area contributed by atoms with Crippen LogP contribution in [0.25, 0.3) is 0 Å². The Morgan fingerprint density at radius 2 is 2.24 bits per heavy atom. The van der Waals surface area contributed by atoms with Gasteiger partial charge in [-0.3, -0.25) is 10.6 Å². The number of anilines is 1. The summed E-state index contributed by atoms with van der Waals surface area (Å²) in [4.78, 5) is 11.8. The van der Waals surface area contributed by atoms with Crippen LogP contribution in [0.5, 0.6) is 0 Å². The molecular weight excluding hydrogens is 221 g/mol. The van der Waals surface area contributed by atoms with Gasteiger partial charge in [0.25, 0.3) is 5.91 Å². The minimum atomic E-state index is -0.524. The molecule has 0 atom stereocenters. The summed E-state index contributed by atoms with van der Waals surface area (Å²) in [7, 11) is 0. The first kappa shape index (κ1) is 11.9. The van der Waals surface area contributed by atoms with Crippen molar-refractivity contribution in [1.82, 2.24) is 5.32 Å². The molecule has 1 aromatic rings. The van der Waals surface area contributed by atoms with E-state index in [0.717, 1.165) is 12.8 Å². The number of nitrogen functional groups attached to an aromatic ring is 1. The standard InChI is InChI=1S/C12H16FN3O/c13-10-6-2-5-9(11(10)16-14)12(17)15-7-8-3-1-4-8/h2,5-6,8,16H,1,3-4,7,14H2,(H,15,17). The Hall–Kier alpha value is -1.62. The SMILES string of the molecule is NNc1c(F)cccc1C(=O)NCC1CCC1. The maximum atomic E-state index is 13.4. The monoisotopic (exact) mass is 237 g/mol. The Kier molecular flexibility index (Phi) is 3.58. The van der Waals surface area contributed by atoms with Crippen molar-refractivity contribution in [3.63, 3.8) is 0 Å². The highest BCUT2D eigenvalue weighted by Gasteiger charge is 2.19. The number of carbonyl (C=O) groups is 1. The molecule has 0 heterocycles. The van der Waals surface area contributed by atoms with Crippen LogP contribution in [-0.2, 0) is 0 Å². The average molecular weight is 237 g/mol. The summed E-state index contributed by atoms with van der Waals surface area (Å²) < 4.78 is 13.4. The van der Waals surface area contributed by atoms with Crippen molar-refractivity contribution >= 4 is 11.6 Å². The maximum absolute atomic E-state index is 13.4. The Labute approximate surface area is 99.4 Å². The van der Waals surface area contributed by atoms with Gasteiger partial charge in [0.1, 0.15) is 5.82 Å². The van der Waals surface area contributed by atoms with Crippen molar-refractivity contribution in [3.05, 3.63) is 29.6 Å². The Bertz CT molecular complexity index is 418. The number of hydrogen-bond donors (Lipinski definition) is 3. The van der Waals surface area contributed by atoms with Crippen LogP contribution in [0.3, 0.4) is 0 Å². The third-order valence-electron chi connectivity index (χ3n) is 3.18. The van der Waals surface area contributed by atoms with Gasteiger partial charge in [-0.05, 0) is 30.9 Å². The topological polar surface area (TPSA) is 67.1 Å². The van der Waals surface area contributed by atoms with E-state index < -0.39 is 5.82 Å². The van der Waals surface area contributed by atoms with Crippen molar-refractivity contribution in [1.29, 1.82) is 0 Å². The number of para-hydroxylation sites is 1. The predicted molar refractivity (Wildman–Crippen MR) is 63.9 cm³/mol. The summed E-state index contributed by atoms with van der Waals surface area (Å²) in [5, 5.41) is 2.80. The molecule has 4 nitrogen and oxygen atoms in total. The van der Waals surface area contributed by atoms with Gasteiger partial charge < -0.3 is 10.7 Å². The van der Waals surface area contributed by atoms with Gasteiger partial charge in [-0.15, -0.1) is 0 Å². The lowest BCUT2D eigenvalue weighted by atomic mass is 9.85. The molecule has 1 fully saturated rings. The van der Waals surface area contributed by atoms with E-state index in [1.165, 1.54) is 18.6 Å². The molecule has 17 heavy (non-hydrogen) atoms. The van der Waals surface area contributed by atoms with Crippen LogP contribution in [0, 0.1) is 11.7 Å². The van der Waals surface area contributed by atoms with Crippen LogP contribution in [0.4, 0.5) is 10.1 Å². The first-order valence-corrected chi connectivity index (χ1v) is 5.75. The molecule has 1 aliphatic rings. The van der Waals surface area contributed by atoms with E-state index in [0.29, 0.717) is 12.5 Å². The quantitative estimate of drug-likeness (QED) is 0.551. The van der Waals surface area contributed by atoms with Gasteiger partial charge in [0.2, 0.25) is 0 Å². The summed E-state index contributed by atoms with van der Waals surface area (Å²) in [6, 6.07) is 4.31. The summed E-state index contributed by atoms with van der Waals surface area (Å²) in [6.07, 6.45) is 3.55. The normalized spacial score (nSPS) is 15.2. The van der Waals surface area contributed by atoms with Gasteiger partial charge in [-0.2, -0.15) is 0 Å². The minimum Gasteiger partial charge on any atom is -0.352 e. The van der Waals surface area contributed by atoms with Gasteiger partial charge in [-0.1, -0.05) is 12.5 Å². The third kappa shape index (κ3) is 2.55. The molecule has 1 saturated carbocycles. The molecule has 4 N–H and O–H groups in total. The summed E-state index contributed by atoms with van der Waals surface area (Å²) in [5.74, 6) is 4.97. The molecule has 5 heteroatoms. The molecule has 1 amide bonds. The number of nitrogens with one attached hydrogen (secondary N) is 2. The predicted octanol–water partition coefficient (Wildman–Crippen LogP) is 1.64. The first-order valence-electron chi connectivity index (χ1n) is 5.75. The summed E-state index contributed by atoms with van der Waals surface area (Å²) in [5.41, 5.74) is 2.51. The van der Waals surface area contributed by atoms with Crippen molar-refractivity contribution in [3.8, 4) is 0 Å². The van der Waals surface area contributed by atoms with Gasteiger partial charge >= 0.3 is 0 Å². The lowest BCUT2D eigenvalue weighted by molar-refractivity contribution is 0.0939. The smallest absolute Gasteiger partial charge is 0.253 e. The zero-order chi connectivity index (χ0) is 12.3. The highest BCUT2D eigenvalue weighted by molar-refractivity contribution is 5.99. The van der Waals surface area contributed by atoms with Gasteiger partial charge in [0.15, 0.2) is 0 Å². The Balaban J connectivity index is 2.04.